The highest BCUT2D eigenvalue weighted by Crippen LogP contribution is 2.33. The number of rotatable bonds is 3. The number of aromatic carboxylic acids is 1. The summed E-state index contributed by atoms with van der Waals surface area (Å²) in [5.74, 6) is 0.348. The van der Waals surface area contributed by atoms with Crippen molar-refractivity contribution in [2.45, 2.75) is 0 Å². The van der Waals surface area contributed by atoms with E-state index in [0.717, 1.165) is 0 Å². The number of carboxylic acids is 1. The van der Waals surface area contributed by atoms with Crippen molar-refractivity contribution in [3.63, 3.8) is 0 Å². The van der Waals surface area contributed by atoms with Crippen molar-refractivity contribution < 1.29 is 19.4 Å². The summed E-state index contributed by atoms with van der Waals surface area (Å²) in [5, 5.41) is 12.3. The lowest BCUT2D eigenvalue weighted by atomic mass is 10.2. The number of fused-ring (bicyclic) bond motifs is 1. The predicted octanol–water partition coefficient (Wildman–Crippen LogP) is 2.95. The third-order valence-corrected chi connectivity index (χ3v) is 3.11. The van der Waals surface area contributed by atoms with E-state index in [1.54, 1.807) is 18.2 Å². The molecule has 1 aliphatic heterocycles. The van der Waals surface area contributed by atoms with Gasteiger partial charge in [-0.3, -0.25) is 0 Å². The molecule has 0 saturated heterocycles. The van der Waals surface area contributed by atoms with Gasteiger partial charge in [-0.25, -0.2) is 9.78 Å². The van der Waals surface area contributed by atoms with Crippen LogP contribution in [0.25, 0.3) is 0 Å². The second kappa shape index (κ2) is 5.49. The third kappa shape index (κ3) is 2.85. The number of pyridine rings is 1. The Hall–Kier alpha value is -2.47. The molecule has 0 bridgehead atoms. The Kier molecular flexibility index (Phi) is 3.53. The summed E-state index contributed by atoms with van der Waals surface area (Å²) < 4.78 is 10.9. The summed E-state index contributed by atoms with van der Waals surface area (Å²) in [7, 11) is 0. The molecule has 2 N–H and O–H groups in total. The number of halogens is 1. The molecule has 0 spiro atoms. The van der Waals surface area contributed by atoms with Gasteiger partial charge in [0.2, 0.25) is 0 Å². The molecule has 0 saturated carbocycles. The molecule has 0 amide bonds. The Balaban J connectivity index is 1.93. The van der Waals surface area contributed by atoms with Crippen LogP contribution in [0.5, 0.6) is 11.5 Å². The zero-order valence-corrected chi connectivity index (χ0v) is 11.6. The Labute approximate surface area is 125 Å². The van der Waals surface area contributed by atoms with Crippen molar-refractivity contribution in [1.82, 2.24) is 4.98 Å². The van der Waals surface area contributed by atoms with Crippen molar-refractivity contribution in [1.29, 1.82) is 0 Å². The maximum atomic E-state index is 11.2. The molecule has 7 heteroatoms. The van der Waals surface area contributed by atoms with E-state index in [1.165, 1.54) is 12.1 Å². The van der Waals surface area contributed by atoms with Gasteiger partial charge >= 0.3 is 5.97 Å². The van der Waals surface area contributed by atoms with Crippen LogP contribution in [0.15, 0.2) is 30.3 Å². The summed E-state index contributed by atoms with van der Waals surface area (Å²) in [6, 6.07) is 8.06. The van der Waals surface area contributed by atoms with Crippen molar-refractivity contribution in [2.75, 3.05) is 18.5 Å². The summed E-state index contributed by atoms with van der Waals surface area (Å²) in [4.78, 5) is 15.2. The summed E-state index contributed by atoms with van der Waals surface area (Å²) in [6.07, 6.45) is 0. The molecule has 3 rings (SSSR count). The number of ether oxygens (including phenoxy) is 2. The molecular formula is C14H11ClN2O4. The van der Waals surface area contributed by atoms with E-state index in [4.69, 9.17) is 26.2 Å². The molecule has 1 aromatic heterocycles. The Morgan fingerprint density at radius 3 is 2.71 bits per heavy atom. The summed E-state index contributed by atoms with van der Waals surface area (Å²) in [5.41, 5.74) is 0.672. The predicted molar refractivity (Wildman–Crippen MR) is 76.9 cm³/mol. The quantitative estimate of drug-likeness (QED) is 0.849. The van der Waals surface area contributed by atoms with Crippen LogP contribution in [0.3, 0.4) is 0 Å². The van der Waals surface area contributed by atoms with Gasteiger partial charge in [-0.15, -0.1) is 0 Å². The Morgan fingerprint density at radius 2 is 1.95 bits per heavy atom. The first-order chi connectivity index (χ1) is 10.1. The molecule has 2 heterocycles. The van der Waals surface area contributed by atoms with Crippen LogP contribution in [0.2, 0.25) is 5.15 Å². The molecule has 1 aliphatic rings. The number of carbonyl (C=O) groups is 1. The Bertz CT molecular complexity index is 705. The molecule has 1 aromatic carbocycles. The standard InChI is InChI=1S/C14H11ClN2O4/c15-12-4-2-9(14(18)19)13(17-12)16-8-1-3-10-11(7-8)21-6-5-20-10/h1-4,7H,5-6H2,(H,16,17)(H,18,19). The van der Waals surface area contributed by atoms with E-state index in [9.17, 15) is 4.79 Å². The number of carboxylic acid groups (broad SMARTS) is 1. The average molecular weight is 307 g/mol. The van der Waals surface area contributed by atoms with Crippen molar-refractivity contribution in [2.24, 2.45) is 0 Å². The van der Waals surface area contributed by atoms with Crippen LogP contribution in [-0.4, -0.2) is 29.3 Å². The minimum Gasteiger partial charge on any atom is -0.486 e. The number of nitrogens with one attached hydrogen (secondary N) is 1. The third-order valence-electron chi connectivity index (χ3n) is 2.90. The zero-order valence-electron chi connectivity index (χ0n) is 10.8. The van der Waals surface area contributed by atoms with Gasteiger partial charge in [-0.2, -0.15) is 0 Å². The Morgan fingerprint density at radius 1 is 1.19 bits per heavy atom. The van der Waals surface area contributed by atoms with E-state index in [2.05, 4.69) is 10.3 Å². The number of anilines is 2. The molecule has 21 heavy (non-hydrogen) atoms. The fourth-order valence-electron chi connectivity index (χ4n) is 1.96. The number of nitrogens with zero attached hydrogens (tertiary/aromatic N) is 1. The highest BCUT2D eigenvalue weighted by Gasteiger charge is 2.15. The minimum absolute atomic E-state index is 0.0364. The van der Waals surface area contributed by atoms with Gasteiger partial charge in [0.1, 0.15) is 29.7 Å². The lowest BCUT2D eigenvalue weighted by molar-refractivity contribution is 0.0697. The highest BCUT2D eigenvalue weighted by molar-refractivity contribution is 6.29. The first-order valence-electron chi connectivity index (χ1n) is 6.20. The van der Waals surface area contributed by atoms with Gasteiger partial charge in [0.05, 0.1) is 0 Å². The van der Waals surface area contributed by atoms with Gasteiger partial charge in [0, 0.05) is 11.8 Å². The topological polar surface area (TPSA) is 80.7 Å². The van der Waals surface area contributed by atoms with Gasteiger partial charge in [-0.05, 0) is 24.3 Å². The molecule has 6 nitrogen and oxygen atoms in total. The van der Waals surface area contributed by atoms with E-state index >= 15 is 0 Å². The largest absolute Gasteiger partial charge is 0.486 e. The fourth-order valence-corrected chi connectivity index (χ4v) is 2.11. The molecule has 0 radical (unpaired) electrons. The SMILES string of the molecule is O=C(O)c1ccc(Cl)nc1Nc1ccc2c(c1)OCCO2. The monoisotopic (exact) mass is 306 g/mol. The summed E-state index contributed by atoms with van der Waals surface area (Å²) in [6.45, 7) is 0.991. The van der Waals surface area contributed by atoms with Crippen molar-refractivity contribution >= 4 is 29.1 Å². The van der Waals surface area contributed by atoms with Crippen LogP contribution >= 0.6 is 11.6 Å². The van der Waals surface area contributed by atoms with Crippen molar-refractivity contribution in [3.8, 4) is 11.5 Å². The number of benzene rings is 1. The molecule has 0 aliphatic carbocycles. The van der Waals surface area contributed by atoms with E-state index < -0.39 is 5.97 Å². The maximum absolute atomic E-state index is 11.2. The van der Waals surface area contributed by atoms with Crippen LogP contribution < -0.4 is 14.8 Å². The van der Waals surface area contributed by atoms with Crippen molar-refractivity contribution in [3.05, 3.63) is 41.0 Å². The number of aromatic nitrogens is 1. The summed E-state index contributed by atoms with van der Waals surface area (Å²) >= 11 is 5.81. The molecule has 0 unspecified atom stereocenters. The highest BCUT2D eigenvalue weighted by atomic mass is 35.5. The molecule has 2 aromatic rings. The van der Waals surface area contributed by atoms with Gasteiger partial charge < -0.3 is 19.9 Å². The second-order valence-corrected chi connectivity index (χ2v) is 4.71. The second-order valence-electron chi connectivity index (χ2n) is 4.32. The number of hydrogen-bond donors (Lipinski definition) is 2. The normalized spacial score (nSPS) is 12.8. The van der Waals surface area contributed by atoms with E-state index in [-0.39, 0.29) is 16.5 Å². The first kappa shape index (κ1) is 13.5. The van der Waals surface area contributed by atoms with Gasteiger partial charge in [-0.1, -0.05) is 11.6 Å². The minimum atomic E-state index is -1.08. The molecule has 0 fully saturated rings. The van der Waals surface area contributed by atoms with Crippen LogP contribution in [0.1, 0.15) is 10.4 Å². The lowest BCUT2D eigenvalue weighted by Gasteiger charge is -2.19. The van der Waals surface area contributed by atoms with E-state index in [0.29, 0.717) is 30.4 Å². The number of hydrogen-bond acceptors (Lipinski definition) is 5. The van der Waals surface area contributed by atoms with Crippen LogP contribution in [-0.2, 0) is 0 Å². The molecule has 0 atom stereocenters. The van der Waals surface area contributed by atoms with Crippen LogP contribution in [0.4, 0.5) is 11.5 Å². The average Bonchev–Trinajstić information content (AvgIpc) is 2.47. The smallest absolute Gasteiger partial charge is 0.339 e. The van der Waals surface area contributed by atoms with E-state index in [1.807, 2.05) is 0 Å². The fraction of sp³-hybridized carbons (Fsp3) is 0.143. The van der Waals surface area contributed by atoms with Gasteiger partial charge in [0.15, 0.2) is 11.5 Å². The lowest BCUT2D eigenvalue weighted by Crippen LogP contribution is -2.15. The first-order valence-corrected chi connectivity index (χ1v) is 6.58. The van der Waals surface area contributed by atoms with Crippen LogP contribution in [0, 0.1) is 0 Å². The molecule has 108 valence electrons. The van der Waals surface area contributed by atoms with Gasteiger partial charge in [0.25, 0.3) is 0 Å². The molecular weight excluding hydrogens is 296 g/mol. The maximum Gasteiger partial charge on any atom is 0.339 e. The zero-order chi connectivity index (χ0) is 14.8.